The zero-order chi connectivity index (χ0) is 22.6. The van der Waals surface area contributed by atoms with Crippen molar-refractivity contribution in [3.8, 4) is 5.75 Å². The molecular weight excluding hydrogens is 398 g/mol. The quantitative estimate of drug-likeness (QED) is 0.432. The molecule has 4 rings (SSSR count). The van der Waals surface area contributed by atoms with E-state index in [1.54, 1.807) is 7.11 Å². The number of benzene rings is 3. The van der Waals surface area contributed by atoms with Gasteiger partial charge in [-0.2, -0.15) is 0 Å². The molecule has 0 bridgehead atoms. The second kappa shape index (κ2) is 10.0. The summed E-state index contributed by atoms with van der Waals surface area (Å²) in [7, 11) is 1.69. The van der Waals surface area contributed by atoms with Crippen LogP contribution in [0.15, 0.2) is 66.7 Å². The molecule has 0 spiro atoms. The van der Waals surface area contributed by atoms with Crippen molar-refractivity contribution >= 4 is 10.8 Å². The fourth-order valence-corrected chi connectivity index (χ4v) is 4.37. The molecule has 4 nitrogen and oxygen atoms in total. The van der Waals surface area contributed by atoms with Gasteiger partial charge in [-0.1, -0.05) is 60.7 Å². The molecule has 0 amide bonds. The summed E-state index contributed by atoms with van der Waals surface area (Å²) in [4.78, 5) is 0. The van der Waals surface area contributed by atoms with Crippen LogP contribution in [0.4, 0.5) is 0 Å². The Kier molecular flexibility index (Phi) is 7.14. The Morgan fingerprint density at radius 3 is 2.47 bits per heavy atom. The number of nitrogens with one attached hydrogen (secondary N) is 1. The molecular formula is C28H35NO3. The van der Waals surface area contributed by atoms with Crippen LogP contribution >= 0.6 is 0 Å². The van der Waals surface area contributed by atoms with Gasteiger partial charge in [0.25, 0.3) is 0 Å². The molecule has 2 N–H and O–H groups in total. The number of rotatable bonds is 11. The molecule has 1 saturated carbocycles. The first-order chi connectivity index (χ1) is 15.4. The molecule has 0 unspecified atom stereocenters. The third kappa shape index (κ3) is 5.89. The number of fused-ring (bicyclic) bond motifs is 1. The average molecular weight is 434 g/mol. The van der Waals surface area contributed by atoms with Crippen LogP contribution in [0.3, 0.4) is 0 Å². The van der Waals surface area contributed by atoms with Crippen molar-refractivity contribution in [3.05, 3.63) is 77.9 Å². The maximum atomic E-state index is 10.6. The van der Waals surface area contributed by atoms with Gasteiger partial charge in [0.15, 0.2) is 0 Å². The van der Waals surface area contributed by atoms with E-state index in [-0.39, 0.29) is 11.6 Å². The van der Waals surface area contributed by atoms with Crippen LogP contribution in [0.1, 0.15) is 43.9 Å². The van der Waals surface area contributed by atoms with Gasteiger partial charge in [0.2, 0.25) is 0 Å². The van der Waals surface area contributed by atoms with Gasteiger partial charge < -0.3 is 19.9 Å². The first kappa shape index (κ1) is 22.8. The lowest BCUT2D eigenvalue weighted by atomic mass is 9.93. The first-order valence-electron chi connectivity index (χ1n) is 11.6. The van der Waals surface area contributed by atoms with Gasteiger partial charge in [-0.3, -0.25) is 0 Å². The SMILES string of the molecule is COc1ccccc1[C@@H](OC[C@H](O)CNC(C)(C)Cc1ccc2ccccc2c1)C1CC1. The molecule has 2 atom stereocenters. The van der Waals surface area contributed by atoms with Gasteiger partial charge in [0.1, 0.15) is 5.75 Å². The summed E-state index contributed by atoms with van der Waals surface area (Å²) in [6, 6.07) is 23.1. The van der Waals surface area contributed by atoms with E-state index < -0.39 is 6.10 Å². The number of methoxy groups -OCH3 is 1. The highest BCUT2D eigenvalue weighted by molar-refractivity contribution is 5.83. The van der Waals surface area contributed by atoms with Crippen LogP contribution in [0.5, 0.6) is 5.75 Å². The highest BCUT2D eigenvalue weighted by atomic mass is 16.5. The van der Waals surface area contributed by atoms with Gasteiger partial charge in [-0.25, -0.2) is 0 Å². The van der Waals surface area contributed by atoms with Gasteiger partial charge in [0.05, 0.1) is 25.9 Å². The van der Waals surface area contributed by atoms with Crippen LogP contribution < -0.4 is 10.1 Å². The van der Waals surface area contributed by atoms with E-state index in [1.807, 2.05) is 18.2 Å². The minimum Gasteiger partial charge on any atom is -0.496 e. The Bertz CT molecular complexity index is 1030. The Morgan fingerprint density at radius 1 is 1.00 bits per heavy atom. The zero-order valence-corrected chi connectivity index (χ0v) is 19.4. The summed E-state index contributed by atoms with van der Waals surface area (Å²) >= 11 is 0. The smallest absolute Gasteiger partial charge is 0.124 e. The molecule has 32 heavy (non-hydrogen) atoms. The molecule has 0 heterocycles. The Hall–Kier alpha value is -2.40. The van der Waals surface area contributed by atoms with Crippen molar-refractivity contribution in [2.75, 3.05) is 20.3 Å². The summed E-state index contributed by atoms with van der Waals surface area (Å²) in [5.41, 5.74) is 2.23. The fraction of sp³-hybridized carbons (Fsp3) is 0.429. The van der Waals surface area contributed by atoms with Crippen molar-refractivity contribution in [1.29, 1.82) is 0 Å². The number of para-hydroxylation sites is 1. The van der Waals surface area contributed by atoms with E-state index in [0.29, 0.717) is 19.1 Å². The second-order valence-electron chi connectivity index (χ2n) is 9.61. The predicted octanol–water partition coefficient (Wildman–Crippen LogP) is 5.29. The number of aliphatic hydroxyl groups is 1. The molecule has 1 aliphatic carbocycles. The normalized spacial score (nSPS) is 16.1. The highest BCUT2D eigenvalue weighted by Gasteiger charge is 2.35. The van der Waals surface area contributed by atoms with Crippen LogP contribution in [0.2, 0.25) is 0 Å². The zero-order valence-electron chi connectivity index (χ0n) is 19.4. The summed E-state index contributed by atoms with van der Waals surface area (Å²) < 4.78 is 11.7. The average Bonchev–Trinajstić information content (AvgIpc) is 3.63. The van der Waals surface area contributed by atoms with E-state index in [2.05, 4.69) is 67.7 Å². The molecule has 0 radical (unpaired) electrons. The Labute approximate surface area is 191 Å². The molecule has 1 fully saturated rings. The highest BCUT2D eigenvalue weighted by Crippen LogP contribution is 2.45. The Morgan fingerprint density at radius 2 is 1.72 bits per heavy atom. The topological polar surface area (TPSA) is 50.7 Å². The molecule has 0 aromatic heterocycles. The monoisotopic (exact) mass is 433 g/mol. The predicted molar refractivity (Wildman–Crippen MR) is 130 cm³/mol. The first-order valence-corrected chi connectivity index (χ1v) is 11.6. The van der Waals surface area contributed by atoms with Crippen molar-refractivity contribution in [2.45, 2.75) is 50.9 Å². The van der Waals surface area contributed by atoms with Crippen molar-refractivity contribution in [2.24, 2.45) is 5.92 Å². The largest absolute Gasteiger partial charge is 0.496 e. The summed E-state index contributed by atoms with van der Waals surface area (Å²) in [6.45, 7) is 5.15. The standard InChI is InChI=1S/C28H35NO3/c1-28(2,17-20-12-13-21-8-4-5-9-23(21)16-20)29-18-24(30)19-32-27(22-14-15-22)25-10-6-7-11-26(25)31-3/h4-13,16,22,24,27,29-30H,14-15,17-19H2,1-3H3/t24-,27+/m1/s1. The third-order valence-corrected chi connectivity index (χ3v) is 6.24. The van der Waals surface area contributed by atoms with E-state index in [1.165, 1.54) is 16.3 Å². The molecule has 3 aromatic rings. The number of hydrogen-bond acceptors (Lipinski definition) is 4. The summed E-state index contributed by atoms with van der Waals surface area (Å²) in [5.74, 6) is 1.37. The molecule has 0 aliphatic heterocycles. The van der Waals surface area contributed by atoms with Crippen LogP contribution in [0.25, 0.3) is 10.8 Å². The lowest BCUT2D eigenvalue weighted by Gasteiger charge is -2.29. The van der Waals surface area contributed by atoms with E-state index in [0.717, 1.165) is 30.6 Å². The number of β-amino-alcohol motifs (C(OH)–C–C–N with tert-alkyl or cyclic N) is 1. The van der Waals surface area contributed by atoms with Crippen molar-refractivity contribution in [3.63, 3.8) is 0 Å². The molecule has 3 aromatic carbocycles. The van der Waals surface area contributed by atoms with Gasteiger partial charge in [0, 0.05) is 17.6 Å². The van der Waals surface area contributed by atoms with E-state index >= 15 is 0 Å². The minimum atomic E-state index is -0.568. The van der Waals surface area contributed by atoms with Crippen LogP contribution in [-0.4, -0.2) is 37.0 Å². The minimum absolute atomic E-state index is 0.0218. The maximum absolute atomic E-state index is 10.6. The fourth-order valence-electron chi connectivity index (χ4n) is 4.37. The van der Waals surface area contributed by atoms with Gasteiger partial charge in [-0.05, 0) is 61.4 Å². The molecule has 0 saturated heterocycles. The molecule has 4 heteroatoms. The van der Waals surface area contributed by atoms with E-state index in [4.69, 9.17) is 9.47 Å². The number of hydrogen-bond donors (Lipinski definition) is 2. The number of ether oxygens (including phenoxy) is 2. The van der Waals surface area contributed by atoms with Crippen molar-refractivity contribution in [1.82, 2.24) is 5.32 Å². The summed E-state index contributed by atoms with van der Waals surface area (Å²) in [5, 5.41) is 16.7. The Balaban J connectivity index is 1.30. The van der Waals surface area contributed by atoms with Gasteiger partial charge >= 0.3 is 0 Å². The van der Waals surface area contributed by atoms with Gasteiger partial charge in [-0.15, -0.1) is 0 Å². The maximum Gasteiger partial charge on any atom is 0.124 e. The van der Waals surface area contributed by atoms with Crippen LogP contribution in [-0.2, 0) is 11.2 Å². The lowest BCUT2D eigenvalue weighted by molar-refractivity contribution is -0.0219. The second-order valence-corrected chi connectivity index (χ2v) is 9.61. The molecule has 1 aliphatic rings. The third-order valence-electron chi connectivity index (χ3n) is 6.24. The number of aliphatic hydroxyl groups excluding tert-OH is 1. The van der Waals surface area contributed by atoms with E-state index in [9.17, 15) is 5.11 Å². The molecule has 170 valence electrons. The van der Waals surface area contributed by atoms with Crippen LogP contribution in [0, 0.1) is 5.92 Å². The lowest BCUT2D eigenvalue weighted by Crippen LogP contribution is -2.46. The van der Waals surface area contributed by atoms with Crippen molar-refractivity contribution < 1.29 is 14.6 Å². The summed E-state index contributed by atoms with van der Waals surface area (Å²) in [6.07, 6.45) is 2.62.